The smallest absolute Gasteiger partial charge is 0.222 e. The number of ketones is 2. The van der Waals surface area contributed by atoms with E-state index in [1.807, 2.05) is 0 Å². The van der Waals surface area contributed by atoms with Gasteiger partial charge in [-0.05, 0) is 6.08 Å². The van der Waals surface area contributed by atoms with E-state index in [4.69, 9.17) is 11.5 Å². The van der Waals surface area contributed by atoms with E-state index in [0.29, 0.717) is 0 Å². The van der Waals surface area contributed by atoms with Crippen LogP contribution in [0, 0.1) is 0 Å². The molecule has 0 amide bonds. The van der Waals surface area contributed by atoms with E-state index in [1.165, 1.54) is 0 Å². The van der Waals surface area contributed by atoms with E-state index in [0.717, 1.165) is 6.08 Å². The number of carbonyl (C=O) groups excluding carboxylic acids is 2. The summed E-state index contributed by atoms with van der Waals surface area (Å²) in [4.78, 5) is 21.2. The molecule has 0 aromatic carbocycles. The number of hydrogen-bond acceptors (Lipinski definition) is 4. The molecule has 0 spiro atoms. The van der Waals surface area contributed by atoms with Gasteiger partial charge in [-0.1, -0.05) is 6.58 Å². The van der Waals surface area contributed by atoms with Gasteiger partial charge in [-0.25, -0.2) is 0 Å². The fourth-order valence-electron chi connectivity index (χ4n) is 0.390. The van der Waals surface area contributed by atoms with Crippen LogP contribution in [0.2, 0.25) is 0 Å². The van der Waals surface area contributed by atoms with Gasteiger partial charge >= 0.3 is 0 Å². The zero-order chi connectivity index (χ0) is 8.15. The predicted octanol–water partition coefficient (Wildman–Crippen LogP) is -1.40. The molecule has 1 unspecified atom stereocenters. The normalized spacial score (nSPS) is 12.2. The van der Waals surface area contributed by atoms with E-state index in [9.17, 15) is 9.59 Å². The molecule has 0 aliphatic carbocycles. The van der Waals surface area contributed by atoms with Gasteiger partial charge in [0.1, 0.15) is 0 Å². The Labute approximate surface area is 58.9 Å². The standard InChI is InChI=1S/C6H10N2O2/c1-2-5(9)6(10)4(8)3-7/h2,4H,1,3,7-8H2. The van der Waals surface area contributed by atoms with E-state index in [2.05, 4.69) is 6.58 Å². The van der Waals surface area contributed by atoms with Gasteiger partial charge in [-0.3, -0.25) is 9.59 Å². The van der Waals surface area contributed by atoms with Crippen molar-refractivity contribution in [1.82, 2.24) is 0 Å². The molecule has 0 aromatic rings. The molecule has 1 atom stereocenters. The molecule has 4 heteroatoms. The van der Waals surface area contributed by atoms with Crippen LogP contribution in [-0.4, -0.2) is 24.2 Å². The average molecular weight is 142 g/mol. The number of carbonyl (C=O) groups is 2. The Morgan fingerprint density at radius 3 is 2.40 bits per heavy atom. The summed E-state index contributed by atoms with van der Waals surface area (Å²) in [6, 6.07) is -0.884. The minimum atomic E-state index is -0.884. The van der Waals surface area contributed by atoms with E-state index < -0.39 is 17.6 Å². The van der Waals surface area contributed by atoms with Crippen LogP contribution in [0.3, 0.4) is 0 Å². The van der Waals surface area contributed by atoms with Crippen molar-refractivity contribution in [2.24, 2.45) is 11.5 Å². The van der Waals surface area contributed by atoms with Crippen molar-refractivity contribution in [3.63, 3.8) is 0 Å². The molecule has 0 aromatic heterocycles. The first kappa shape index (κ1) is 9.00. The van der Waals surface area contributed by atoms with E-state index >= 15 is 0 Å². The van der Waals surface area contributed by atoms with Crippen molar-refractivity contribution in [1.29, 1.82) is 0 Å². The molecule has 4 N–H and O–H groups in total. The maximum atomic E-state index is 10.7. The van der Waals surface area contributed by atoms with Crippen molar-refractivity contribution < 1.29 is 9.59 Å². The topological polar surface area (TPSA) is 86.2 Å². The van der Waals surface area contributed by atoms with Crippen molar-refractivity contribution in [2.45, 2.75) is 6.04 Å². The number of hydrogen-bond donors (Lipinski definition) is 2. The van der Waals surface area contributed by atoms with Gasteiger partial charge in [0.2, 0.25) is 11.6 Å². The van der Waals surface area contributed by atoms with E-state index in [1.54, 1.807) is 0 Å². The summed E-state index contributed by atoms with van der Waals surface area (Å²) >= 11 is 0. The second-order valence-electron chi connectivity index (χ2n) is 1.77. The Kier molecular flexibility index (Phi) is 3.53. The molecule has 56 valence electrons. The monoisotopic (exact) mass is 142 g/mol. The van der Waals surface area contributed by atoms with Crippen LogP contribution in [0.5, 0.6) is 0 Å². The molecule has 0 fully saturated rings. The van der Waals surface area contributed by atoms with Crippen LogP contribution in [0.25, 0.3) is 0 Å². The maximum Gasteiger partial charge on any atom is 0.222 e. The summed E-state index contributed by atoms with van der Waals surface area (Å²) in [7, 11) is 0. The van der Waals surface area contributed by atoms with Crippen LogP contribution in [-0.2, 0) is 9.59 Å². The third kappa shape index (κ3) is 2.08. The van der Waals surface area contributed by atoms with Crippen LogP contribution in [0.15, 0.2) is 12.7 Å². The molecule has 0 aliphatic heterocycles. The van der Waals surface area contributed by atoms with Gasteiger partial charge in [0, 0.05) is 6.54 Å². The SMILES string of the molecule is C=CC(=O)C(=O)C(N)CN. The van der Waals surface area contributed by atoms with Gasteiger partial charge in [0.05, 0.1) is 6.04 Å². The Balaban J connectivity index is 4.07. The summed E-state index contributed by atoms with van der Waals surface area (Å²) in [5.74, 6) is -1.37. The largest absolute Gasteiger partial charge is 0.328 e. The van der Waals surface area contributed by atoms with Gasteiger partial charge in [-0.15, -0.1) is 0 Å². The number of allylic oxidation sites excluding steroid dienone is 1. The summed E-state index contributed by atoms with van der Waals surface area (Å²) < 4.78 is 0. The van der Waals surface area contributed by atoms with Crippen LogP contribution in [0.1, 0.15) is 0 Å². The number of rotatable bonds is 4. The molecule has 0 radical (unpaired) electrons. The quantitative estimate of drug-likeness (QED) is 0.373. The molecule has 0 saturated carbocycles. The molecule has 10 heavy (non-hydrogen) atoms. The molecule has 0 saturated heterocycles. The first-order valence-electron chi connectivity index (χ1n) is 2.79. The fraction of sp³-hybridized carbons (Fsp3) is 0.333. The minimum absolute atomic E-state index is 0.0155. The van der Waals surface area contributed by atoms with Crippen LogP contribution >= 0.6 is 0 Å². The summed E-state index contributed by atoms with van der Waals surface area (Å²) in [5.41, 5.74) is 10.2. The lowest BCUT2D eigenvalue weighted by Crippen LogP contribution is -2.41. The Morgan fingerprint density at radius 2 is 2.10 bits per heavy atom. The lowest BCUT2D eigenvalue weighted by atomic mass is 10.1. The van der Waals surface area contributed by atoms with Gasteiger partial charge in [0.15, 0.2) is 0 Å². The molecular weight excluding hydrogens is 132 g/mol. The second-order valence-corrected chi connectivity index (χ2v) is 1.77. The lowest BCUT2D eigenvalue weighted by Gasteiger charge is -2.02. The Morgan fingerprint density at radius 1 is 1.60 bits per heavy atom. The Hall–Kier alpha value is -1.00. The molecular formula is C6H10N2O2. The summed E-state index contributed by atoms with van der Waals surface area (Å²) in [5, 5.41) is 0. The second kappa shape index (κ2) is 3.92. The lowest BCUT2D eigenvalue weighted by molar-refractivity contribution is -0.134. The highest BCUT2D eigenvalue weighted by Gasteiger charge is 2.16. The van der Waals surface area contributed by atoms with Crippen molar-refractivity contribution in [3.8, 4) is 0 Å². The molecule has 4 nitrogen and oxygen atoms in total. The van der Waals surface area contributed by atoms with Crippen LogP contribution < -0.4 is 11.5 Å². The third-order valence-electron chi connectivity index (χ3n) is 1.02. The van der Waals surface area contributed by atoms with Crippen molar-refractivity contribution in [2.75, 3.05) is 6.54 Å². The third-order valence-corrected chi connectivity index (χ3v) is 1.02. The highest BCUT2D eigenvalue weighted by molar-refractivity contribution is 6.43. The minimum Gasteiger partial charge on any atom is -0.328 e. The fourth-order valence-corrected chi connectivity index (χ4v) is 0.390. The highest BCUT2D eigenvalue weighted by Crippen LogP contribution is 1.82. The first-order chi connectivity index (χ1) is 4.63. The van der Waals surface area contributed by atoms with Gasteiger partial charge in [-0.2, -0.15) is 0 Å². The molecule has 0 bridgehead atoms. The zero-order valence-electron chi connectivity index (χ0n) is 5.54. The number of Topliss-reactive ketones (excluding diaryl/α,β-unsaturated/α-hetero) is 1. The van der Waals surface area contributed by atoms with Crippen molar-refractivity contribution in [3.05, 3.63) is 12.7 Å². The predicted molar refractivity (Wildman–Crippen MR) is 37.2 cm³/mol. The molecule has 0 heterocycles. The van der Waals surface area contributed by atoms with Gasteiger partial charge < -0.3 is 11.5 Å². The molecule has 0 aliphatic rings. The first-order valence-corrected chi connectivity index (χ1v) is 2.79. The van der Waals surface area contributed by atoms with Crippen molar-refractivity contribution >= 4 is 11.6 Å². The average Bonchev–Trinajstić information content (AvgIpc) is 2.00. The highest BCUT2D eigenvalue weighted by atomic mass is 16.2. The Bertz CT molecular complexity index is 165. The van der Waals surface area contributed by atoms with Gasteiger partial charge in [0.25, 0.3) is 0 Å². The number of nitrogens with two attached hydrogens (primary N) is 2. The summed E-state index contributed by atoms with van der Waals surface area (Å²) in [6.45, 7) is 3.12. The maximum absolute atomic E-state index is 10.7. The zero-order valence-corrected chi connectivity index (χ0v) is 5.54. The summed E-state index contributed by atoms with van der Waals surface area (Å²) in [6.07, 6.45) is 0.928. The molecule has 0 rings (SSSR count). The van der Waals surface area contributed by atoms with Crippen LogP contribution in [0.4, 0.5) is 0 Å². The van der Waals surface area contributed by atoms with E-state index in [-0.39, 0.29) is 6.54 Å².